The zero-order valence-corrected chi connectivity index (χ0v) is 17.1. The zero-order valence-electron chi connectivity index (χ0n) is 17.1. The van der Waals surface area contributed by atoms with Crippen LogP contribution in [0.1, 0.15) is 63.4 Å². The van der Waals surface area contributed by atoms with Crippen LogP contribution < -0.4 is 10.1 Å². The number of unbranched alkanes of at least 4 members (excludes halogenated alkanes) is 2. The fraction of sp³-hybridized carbons (Fsp3) is 0.696. The lowest BCUT2D eigenvalue weighted by molar-refractivity contribution is -0.131. The Morgan fingerprint density at radius 3 is 2.64 bits per heavy atom. The van der Waals surface area contributed by atoms with Gasteiger partial charge in [0.15, 0.2) is 0 Å². The molecule has 0 aromatic heterocycles. The molecule has 0 aliphatic carbocycles. The number of nitrogens with zero attached hydrogens (tertiary/aromatic N) is 1. The number of amides is 1. The summed E-state index contributed by atoms with van der Waals surface area (Å²) in [6.07, 6.45) is 10.8. The van der Waals surface area contributed by atoms with Gasteiger partial charge in [-0.1, -0.05) is 25.3 Å². The maximum absolute atomic E-state index is 14.4. The third-order valence-electron chi connectivity index (χ3n) is 6.06. The smallest absolute Gasteiger partial charge is 0.227 e. The summed E-state index contributed by atoms with van der Waals surface area (Å²) in [5.74, 6) is 1.14. The second kappa shape index (κ2) is 11.4. The Labute approximate surface area is 168 Å². The molecular weight excluding hydrogens is 355 g/mol. The highest BCUT2D eigenvalue weighted by atomic mass is 19.1. The largest absolute Gasteiger partial charge is 0.493 e. The molecule has 0 atom stereocenters. The van der Waals surface area contributed by atoms with E-state index < -0.39 is 0 Å². The maximum Gasteiger partial charge on any atom is 0.227 e. The summed E-state index contributed by atoms with van der Waals surface area (Å²) in [5.41, 5.74) is 0.463. The normalized spacial score (nSPS) is 18.2. The van der Waals surface area contributed by atoms with E-state index in [2.05, 4.69) is 5.32 Å². The first-order valence-electron chi connectivity index (χ1n) is 11.1. The molecule has 0 saturated carbocycles. The standard InChI is InChI=1S/C23H35FN2O2/c24-22-18-21(28-16-6-1-3-7-19-10-12-25-13-11-19)9-8-20(22)17-23(27)26-14-4-2-5-15-26/h8-9,18-19,25H,1-7,10-17H2. The van der Waals surface area contributed by atoms with Gasteiger partial charge in [0.2, 0.25) is 5.91 Å². The number of hydrogen-bond acceptors (Lipinski definition) is 3. The number of likely N-dealkylation sites (tertiary alicyclic amines) is 1. The lowest BCUT2D eigenvalue weighted by Gasteiger charge is -2.26. The van der Waals surface area contributed by atoms with Crippen molar-refractivity contribution in [3.8, 4) is 5.75 Å². The maximum atomic E-state index is 14.4. The Morgan fingerprint density at radius 1 is 1.11 bits per heavy atom. The first kappa shape index (κ1) is 21.1. The van der Waals surface area contributed by atoms with Crippen molar-refractivity contribution in [1.82, 2.24) is 10.2 Å². The Hall–Kier alpha value is -1.62. The van der Waals surface area contributed by atoms with Crippen LogP contribution in [0.15, 0.2) is 18.2 Å². The van der Waals surface area contributed by atoms with Gasteiger partial charge in [-0.15, -0.1) is 0 Å². The fourth-order valence-corrected chi connectivity index (χ4v) is 4.25. The monoisotopic (exact) mass is 390 g/mol. The van der Waals surface area contributed by atoms with E-state index in [1.165, 1.54) is 51.3 Å². The van der Waals surface area contributed by atoms with Crippen LogP contribution in [0.25, 0.3) is 0 Å². The summed E-state index contributed by atoms with van der Waals surface area (Å²) in [4.78, 5) is 14.2. The molecule has 2 saturated heterocycles. The van der Waals surface area contributed by atoms with Crippen molar-refractivity contribution in [3.05, 3.63) is 29.6 Å². The van der Waals surface area contributed by atoms with Crippen molar-refractivity contribution in [2.45, 2.75) is 64.2 Å². The molecule has 1 aromatic carbocycles. The van der Waals surface area contributed by atoms with Crippen molar-refractivity contribution < 1.29 is 13.9 Å². The molecular formula is C23H35FN2O2. The van der Waals surface area contributed by atoms with E-state index >= 15 is 0 Å². The summed E-state index contributed by atoms with van der Waals surface area (Å²) in [5, 5.41) is 3.41. The minimum atomic E-state index is -0.339. The van der Waals surface area contributed by atoms with Gasteiger partial charge in [0.25, 0.3) is 0 Å². The van der Waals surface area contributed by atoms with E-state index in [1.54, 1.807) is 12.1 Å². The van der Waals surface area contributed by atoms with Gasteiger partial charge in [-0.05, 0) is 69.2 Å². The highest BCUT2D eigenvalue weighted by Gasteiger charge is 2.18. The van der Waals surface area contributed by atoms with E-state index in [0.717, 1.165) is 44.7 Å². The van der Waals surface area contributed by atoms with Crippen LogP contribution in [0, 0.1) is 11.7 Å². The van der Waals surface area contributed by atoms with Gasteiger partial charge in [-0.2, -0.15) is 0 Å². The van der Waals surface area contributed by atoms with E-state index in [1.807, 2.05) is 4.90 Å². The molecule has 28 heavy (non-hydrogen) atoms. The molecule has 2 aliphatic heterocycles. The molecule has 0 spiro atoms. The third-order valence-corrected chi connectivity index (χ3v) is 6.06. The van der Waals surface area contributed by atoms with Crippen LogP contribution in [0.4, 0.5) is 4.39 Å². The predicted molar refractivity (Wildman–Crippen MR) is 110 cm³/mol. The molecule has 0 unspecified atom stereocenters. The quantitative estimate of drug-likeness (QED) is 0.639. The van der Waals surface area contributed by atoms with Crippen molar-refractivity contribution in [1.29, 1.82) is 0 Å². The van der Waals surface area contributed by atoms with Gasteiger partial charge >= 0.3 is 0 Å². The summed E-state index contributed by atoms with van der Waals surface area (Å²) in [6.45, 7) is 4.56. The molecule has 4 nitrogen and oxygen atoms in total. The van der Waals surface area contributed by atoms with Crippen LogP contribution in [0.5, 0.6) is 5.75 Å². The SMILES string of the molecule is O=C(Cc1ccc(OCCCCCC2CCNCC2)cc1F)N1CCCCC1. The number of piperidine rings is 2. The van der Waals surface area contributed by atoms with Gasteiger partial charge in [-0.25, -0.2) is 4.39 Å². The third kappa shape index (κ3) is 6.77. The highest BCUT2D eigenvalue weighted by Crippen LogP contribution is 2.21. The van der Waals surface area contributed by atoms with Crippen molar-refractivity contribution in [2.24, 2.45) is 5.92 Å². The van der Waals surface area contributed by atoms with Gasteiger partial charge in [0.05, 0.1) is 13.0 Å². The number of nitrogens with one attached hydrogen (secondary N) is 1. The van der Waals surface area contributed by atoms with Crippen LogP contribution in [0.3, 0.4) is 0 Å². The van der Waals surface area contributed by atoms with Gasteiger partial charge in [0, 0.05) is 19.2 Å². The fourth-order valence-electron chi connectivity index (χ4n) is 4.25. The van der Waals surface area contributed by atoms with Crippen molar-refractivity contribution in [3.63, 3.8) is 0 Å². The van der Waals surface area contributed by atoms with Gasteiger partial charge in [-0.3, -0.25) is 4.79 Å². The first-order chi connectivity index (χ1) is 13.7. The minimum Gasteiger partial charge on any atom is -0.493 e. The molecule has 0 radical (unpaired) electrons. The topological polar surface area (TPSA) is 41.6 Å². The number of benzene rings is 1. The second-order valence-corrected chi connectivity index (χ2v) is 8.26. The Morgan fingerprint density at radius 2 is 1.89 bits per heavy atom. The molecule has 3 rings (SSSR count). The number of carbonyl (C=O) groups is 1. The lowest BCUT2D eigenvalue weighted by Crippen LogP contribution is -2.36. The Kier molecular flexibility index (Phi) is 8.59. The first-order valence-corrected chi connectivity index (χ1v) is 11.1. The zero-order chi connectivity index (χ0) is 19.6. The predicted octanol–water partition coefficient (Wildman–Crippen LogP) is 4.32. The number of rotatable bonds is 9. The molecule has 2 heterocycles. The molecule has 156 valence electrons. The number of carbonyl (C=O) groups excluding carboxylic acids is 1. The minimum absolute atomic E-state index is 0.0287. The lowest BCUT2D eigenvalue weighted by atomic mass is 9.92. The van der Waals surface area contributed by atoms with Crippen LogP contribution in [-0.2, 0) is 11.2 Å². The molecule has 1 N–H and O–H groups in total. The Bertz CT molecular complexity index is 611. The van der Waals surface area contributed by atoms with E-state index in [-0.39, 0.29) is 18.1 Å². The average molecular weight is 391 g/mol. The molecule has 5 heteroatoms. The van der Waals surface area contributed by atoms with Crippen molar-refractivity contribution in [2.75, 3.05) is 32.8 Å². The number of hydrogen-bond donors (Lipinski definition) is 1. The molecule has 1 aromatic rings. The van der Waals surface area contributed by atoms with E-state index in [9.17, 15) is 9.18 Å². The summed E-state index contributed by atoms with van der Waals surface area (Å²) < 4.78 is 20.1. The van der Waals surface area contributed by atoms with Crippen LogP contribution in [-0.4, -0.2) is 43.6 Å². The van der Waals surface area contributed by atoms with Crippen LogP contribution in [0.2, 0.25) is 0 Å². The molecule has 2 fully saturated rings. The van der Waals surface area contributed by atoms with Crippen LogP contribution >= 0.6 is 0 Å². The van der Waals surface area contributed by atoms with E-state index in [0.29, 0.717) is 17.9 Å². The highest BCUT2D eigenvalue weighted by molar-refractivity contribution is 5.79. The Balaban J connectivity index is 1.33. The summed E-state index contributed by atoms with van der Waals surface area (Å²) >= 11 is 0. The second-order valence-electron chi connectivity index (χ2n) is 8.26. The average Bonchev–Trinajstić information content (AvgIpc) is 2.74. The molecule has 1 amide bonds. The molecule has 2 aliphatic rings. The van der Waals surface area contributed by atoms with Crippen molar-refractivity contribution >= 4 is 5.91 Å². The number of halogens is 1. The molecule has 0 bridgehead atoms. The number of ether oxygens (including phenoxy) is 1. The summed E-state index contributed by atoms with van der Waals surface area (Å²) in [7, 11) is 0. The van der Waals surface area contributed by atoms with E-state index in [4.69, 9.17) is 4.74 Å². The summed E-state index contributed by atoms with van der Waals surface area (Å²) in [6, 6.07) is 4.91. The van der Waals surface area contributed by atoms with Gasteiger partial charge < -0.3 is 15.0 Å². The van der Waals surface area contributed by atoms with Gasteiger partial charge in [0.1, 0.15) is 11.6 Å².